The van der Waals surface area contributed by atoms with Crippen LogP contribution in [0.1, 0.15) is 99.3 Å². The minimum absolute atomic E-state index is 0.121. The SMILES string of the molecule is CC[C@H]1[C@@H](O)[C@@H]2[C@H](CC[C@]3(C)[C@@H]([C@H](C)CCNS(=O)(=O)C(C)(C)C(=O)O)CC[C@@H]23)[C@@]2(C)CC[C@@H](O)C[C@@H]12. The lowest BCUT2D eigenvalue weighted by atomic mass is 9.41. The van der Waals surface area contributed by atoms with E-state index in [9.17, 15) is 28.5 Å². The summed E-state index contributed by atoms with van der Waals surface area (Å²) in [6.45, 7) is 12.0. The molecule has 4 N–H and O–H groups in total. The molecule has 4 rings (SSSR count). The van der Waals surface area contributed by atoms with Gasteiger partial charge in [-0.25, -0.2) is 13.1 Å². The third kappa shape index (κ3) is 4.59. The van der Waals surface area contributed by atoms with Crippen LogP contribution in [0.4, 0.5) is 0 Å². The molecule has 0 radical (unpaired) electrons. The van der Waals surface area contributed by atoms with Crippen molar-refractivity contribution < 1.29 is 28.5 Å². The number of aliphatic hydroxyl groups excluding tert-OH is 2. The number of hydrogen-bond donors (Lipinski definition) is 4. The van der Waals surface area contributed by atoms with E-state index in [1.807, 2.05) is 0 Å². The van der Waals surface area contributed by atoms with Crippen molar-refractivity contribution in [3.8, 4) is 0 Å². The first-order valence-corrected chi connectivity index (χ1v) is 16.2. The van der Waals surface area contributed by atoms with Crippen molar-refractivity contribution in [2.45, 2.75) is 116 Å². The van der Waals surface area contributed by atoms with E-state index in [1.165, 1.54) is 13.8 Å². The van der Waals surface area contributed by atoms with Gasteiger partial charge in [0.25, 0.3) is 0 Å². The van der Waals surface area contributed by atoms with E-state index in [4.69, 9.17) is 0 Å². The Labute approximate surface area is 224 Å². The van der Waals surface area contributed by atoms with Gasteiger partial charge in [-0.15, -0.1) is 0 Å². The summed E-state index contributed by atoms with van der Waals surface area (Å²) in [7, 11) is -3.97. The van der Waals surface area contributed by atoms with Crippen LogP contribution < -0.4 is 4.72 Å². The fraction of sp³-hybridized carbons (Fsp3) is 0.966. The number of fused-ring (bicyclic) bond motifs is 5. The van der Waals surface area contributed by atoms with Gasteiger partial charge in [-0.2, -0.15) is 0 Å². The fourth-order valence-corrected chi connectivity index (χ4v) is 10.8. The Hall–Kier alpha value is -0.700. The zero-order chi connectivity index (χ0) is 27.6. The van der Waals surface area contributed by atoms with Gasteiger partial charge < -0.3 is 15.3 Å². The first kappa shape index (κ1) is 29.3. The van der Waals surface area contributed by atoms with Gasteiger partial charge in [0.1, 0.15) is 0 Å². The highest BCUT2D eigenvalue weighted by Crippen LogP contribution is 2.69. The summed E-state index contributed by atoms with van der Waals surface area (Å²) < 4.78 is 25.8. The summed E-state index contributed by atoms with van der Waals surface area (Å²) in [5.74, 6) is 1.31. The van der Waals surface area contributed by atoms with E-state index in [0.717, 1.165) is 51.4 Å². The minimum atomic E-state index is -3.97. The molecule has 0 heterocycles. The van der Waals surface area contributed by atoms with Gasteiger partial charge in [-0.05, 0) is 117 Å². The van der Waals surface area contributed by atoms with E-state index in [1.54, 1.807) is 0 Å². The average Bonchev–Trinajstić information content (AvgIpc) is 3.17. The van der Waals surface area contributed by atoms with Crippen LogP contribution in [-0.4, -0.2) is 53.2 Å². The molecule has 0 spiro atoms. The van der Waals surface area contributed by atoms with E-state index in [2.05, 4.69) is 32.4 Å². The van der Waals surface area contributed by atoms with Gasteiger partial charge in [-0.1, -0.05) is 34.1 Å². The Bertz CT molecular complexity index is 967. The van der Waals surface area contributed by atoms with E-state index in [0.29, 0.717) is 41.9 Å². The molecule has 37 heavy (non-hydrogen) atoms. The predicted octanol–water partition coefficient (Wildman–Crippen LogP) is 4.42. The number of hydrogen-bond acceptors (Lipinski definition) is 5. The molecular formula is C29H51NO6S. The maximum atomic E-state index is 12.6. The largest absolute Gasteiger partial charge is 0.480 e. The van der Waals surface area contributed by atoms with Gasteiger partial charge in [0, 0.05) is 6.54 Å². The monoisotopic (exact) mass is 541 g/mol. The van der Waals surface area contributed by atoms with Gasteiger partial charge in [-0.3, -0.25) is 4.79 Å². The highest BCUT2D eigenvalue weighted by Gasteiger charge is 2.64. The zero-order valence-electron chi connectivity index (χ0n) is 23.7. The van der Waals surface area contributed by atoms with Crippen molar-refractivity contribution in [3.63, 3.8) is 0 Å². The fourth-order valence-electron chi connectivity index (χ4n) is 9.85. The Morgan fingerprint density at radius 2 is 1.65 bits per heavy atom. The number of aliphatic hydroxyl groups is 2. The van der Waals surface area contributed by atoms with Crippen LogP contribution in [0.5, 0.6) is 0 Å². The van der Waals surface area contributed by atoms with Crippen molar-refractivity contribution in [3.05, 3.63) is 0 Å². The van der Waals surface area contributed by atoms with E-state index >= 15 is 0 Å². The average molecular weight is 542 g/mol. The number of carboxylic acids is 1. The molecule has 214 valence electrons. The van der Waals surface area contributed by atoms with Crippen LogP contribution >= 0.6 is 0 Å². The van der Waals surface area contributed by atoms with Crippen LogP contribution in [-0.2, 0) is 14.8 Å². The van der Waals surface area contributed by atoms with Crippen LogP contribution in [0, 0.1) is 52.3 Å². The molecule has 4 saturated carbocycles. The van der Waals surface area contributed by atoms with Crippen molar-refractivity contribution in [1.29, 1.82) is 0 Å². The summed E-state index contributed by atoms with van der Waals surface area (Å²) in [5.41, 5.74) is 0.306. The molecule has 4 aliphatic rings. The van der Waals surface area contributed by atoms with E-state index < -0.39 is 20.7 Å². The number of rotatable bonds is 8. The summed E-state index contributed by atoms with van der Waals surface area (Å²) in [5, 5.41) is 31.6. The lowest BCUT2D eigenvalue weighted by Gasteiger charge is -2.64. The van der Waals surface area contributed by atoms with E-state index in [-0.39, 0.29) is 35.5 Å². The highest BCUT2D eigenvalue weighted by atomic mass is 32.2. The molecule has 0 aromatic rings. The third-order valence-electron chi connectivity index (χ3n) is 12.2. The third-order valence-corrected chi connectivity index (χ3v) is 14.3. The minimum Gasteiger partial charge on any atom is -0.480 e. The molecule has 0 aliphatic heterocycles. The molecule has 4 fully saturated rings. The number of carbonyl (C=O) groups is 1. The zero-order valence-corrected chi connectivity index (χ0v) is 24.6. The maximum Gasteiger partial charge on any atom is 0.325 e. The Morgan fingerprint density at radius 1 is 1.03 bits per heavy atom. The van der Waals surface area contributed by atoms with Gasteiger partial charge in [0.05, 0.1) is 12.2 Å². The first-order chi connectivity index (χ1) is 17.1. The van der Waals surface area contributed by atoms with Gasteiger partial charge in [0.15, 0.2) is 4.75 Å². The second-order valence-electron chi connectivity index (χ2n) is 14.1. The number of nitrogens with one attached hydrogen (secondary N) is 1. The molecule has 8 heteroatoms. The van der Waals surface area contributed by atoms with Crippen LogP contribution in [0.2, 0.25) is 0 Å². The van der Waals surface area contributed by atoms with Crippen molar-refractivity contribution in [1.82, 2.24) is 4.72 Å². The quantitative estimate of drug-likeness (QED) is 0.361. The normalized spacial score (nSPS) is 45.0. The molecule has 7 nitrogen and oxygen atoms in total. The molecule has 0 aromatic carbocycles. The van der Waals surface area contributed by atoms with Crippen LogP contribution in [0.15, 0.2) is 0 Å². The van der Waals surface area contributed by atoms with Crippen LogP contribution in [0.25, 0.3) is 0 Å². The maximum absolute atomic E-state index is 12.6. The summed E-state index contributed by atoms with van der Waals surface area (Å²) in [4.78, 5) is 11.4. The number of carboxylic acid groups (broad SMARTS) is 1. The van der Waals surface area contributed by atoms with Gasteiger partial charge >= 0.3 is 5.97 Å². The second kappa shape index (κ2) is 10.0. The van der Waals surface area contributed by atoms with Crippen LogP contribution in [0.3, 0.4) is 0 Å². The Morgan fingerprint density at radius 3 is 2.27 bits per heavy atom. The summed E-state index contributed by atoms with van der Waals surface area (Å²) >= 11 is 0. The first-order valence-electron chi connectivity index (χ1n) is 14.7. The highest BCUT2D eigenvalue weighted by molar-refractivity contribution is 7.91. The van der Waals surface area contributed by atoms with Crippen molar-refractivity contribution in [2.75, 3.05) is 6.54 Å². The predicted molar refractivity (Wildman–Crippen MR) is 144 cm³/mol. The second-order valence-corrected chi connectivity index (χ2v) is 16.4. The van der Waals surface area contributed by atoms with Crippen molar-refractivity contribution in [2.24, 2.45) is 52.3 Å². The topological polar surface area (TPSA) is 124 Å². The summed E-state index contributed by atoms with van der Waals surface area (Å²) in [6, 6.07) is 0. The lowest BCUT2D eigenvalue weighted by molar-refractivity contribution is -0.203. The smallest absolute Gasteiger partial charge is 0.325 e. The van der Waals surface area contributed by atoms with Gasteiger partial charge in [0.2, 0.25) is 10.0 Å². The number of aliphatic carboxylic acids is 1. The Kier molecular flexibility index (Phi) is 7.95. The molecular weight excluding hydrogens is 490 g/mol. The number of sulfonamides is 1. The standard InChI is InChI=1S/C29H51NO6S/c1-7-19-23-16-18(31)10-13-29(23,6)22-11-14-28(5)20(8-9-21(28)24(22)25(19)32)17(2)12-15-30-37(35,36)27(3,4)26(33)34/h17-25,30-32H,7-16H2,1-6H3,(H,33,34)/t17-,18-,19-,20-,21+,22+,23+,24+,25-,28-,29-/m1/s1. The summed E-state index contributed by atoms with van der Waals surface area (Å²) in [6.07, 6.45) is 8.30. The molecule has 0 saturated heterocycles. The molecule has 0 aromatic heterocycles. The molecule has 11 atom stereocenters. The molecule has 0 amide bonds. The molecule has 0 bridgehead atoms. The lowest BCUT2D eigenvalue weighted by Crippen LogP contribution is -2.62. The van der Waals surface area contributed by atoms with Crippen molar-refractivity contribution >= 4 is 16.0 Å². The molecule has 4 aliphatic carbocycles. The molecule has 0 unspecified atom stereocenters. The Balaban J connectivity index is 1.49.